The maximum atomic E-state index is 6.32. The Balaban J connectivity index is 1.71. The van der Waals surface area contributed by atoms with Crippen LogP contribution in [-0.2, 0) is 6.54 Å². The molecule has 0 saturated carbocycles. The van der Waals surface area contributed by atoms with Crippen molar-refractivity contribution in [2.75, 3.05) is 0 Å². The van der Waals surface area contributed by atoms with Crippen molar-refractivity contribution in [3.05, 3.63) is 77.2 Å². The molecule has 3 rings (SSSR count). The minimum absolute atomic E-state index is 0.190. The molecule has 2 N–H and O–H groups in total. The van der Waals surface area contributed by atoms with Gasteiger partial charge in [-0.3, -0.25) is 0 Å². The molecular formula is C23H28ClN3. The van der Waals surface area contributed by atoms with E-state index in [1.54, 1.807) is 0 Å². The average Bonchev–Trinajstić information content (AvgIpc) is 3.19. The van der Waals surface area contributed by atoms with Gasteiger partial charge in [-0.2, -0.15) is 0 Å². The number of H-pyrrole nitrogens is 1. The molecule has 0 aliphatic rings. The zero-order valence-electron chi connectivity index (χ0n) is 15.9. The van der Waals surface area contributed by atoms with E-state index < -0.39 is 0 Å². The first-order valence-corrected chi connectivity index (χ1v) is 10.2. The predicted molar refractivity (Wildman–Crippen MR) is 114 cm³/mol. The van der Waals surface area contributed by atoms with E-state index >= 15 is 0 Å². The first-order chi connectivity index (χ1) is 13.3. The molecule has 0 fully saturated rings. The highest BCUT2D eigenvalue weighted by Crippen LogP contribution is 2.24. The van der Waals surface area contributed by atoms with Crippen LogP contribution in [0.1, 0.15) is 56.5 Å². The normalized spacial score (nSPS) is 12.2. The first kappa shape index (κ1) is 19.7. The van der Waals surface area contributed by atoms with E-state index in [0.29, 0.717) is 0 Å². The quantitative estimate of drug-likeness (QED) is 0.392. The fourth-order valence-corrected chi connectivity index (χ4v) is 3.47. The molecule has 3 aromatic rings. The molecule has 2 aromatic carbocycles. The van der Waals surface area contributed by atoms with Crippen LogP contribution >= 0.6 is 11.6 Å². The second-order valence-electron chi connectivity index (χ2n) is 6.92. The second kappa shape index (κ2) is 10.3. The van der Waals surface area contributed by atoms with E-state index in [2.05, 4.69) is 40.4 Å². The Morgan fingerprint density at radius 1 is 1.00 bits per heavy atom. The fourth-order valence-electron chi connectivity index (χ4n) is 3.26. The topological polar surface area (TPSA) is 40.7 Å². The minimum atomic E-state index is 0.190. The summed E-state index contributed by atoms with van der Waals surface area (Å²) >= 11 is 6.32. The molecule has 3 nitrogen and oxygen atoms in total. The lowest BCUT2D eigenvalue weighted by Gasteiger charge is -2.17. The van der Waals surface area contributed by atoms with Gasteiger partial charge in [0.05, 0.1) is 17.9 Å². The average molecular weight is 382 g/mol. The van der Waals surface area contributed by atoms with Crippen molar-refractivity contribution >= 4 is 11.6 Å². The Kier molecular flexibility index (Phi) is 7.49. The summed E-state index contributed by atoms with van der Waals surface area (Å²) in [6, 6.07) is 18.5. The van der Waals surface area contributed by atoms with Crippen LogP contribution in [-0.4, -0.2) is 9.97 Å². The minimum Gasteiger partial charge on any atom is -0.341 e. The summed E-state index contributed by atoms with van der Waals surface area (Å²) in [4.78, 5) is 8.19. The number of rotatable bonds is 10. The van der Waals surface area contributed by atoms with Crippen molar-refractivity contribution in [2.24, 2.45) is 0 Å². The van der Waals surface area contributed by atoms with Crippen LogP contribution in [0.3, 0.4) is 0 Å². The van der Waals surface area contributed by atoms with Crippen molar-refractivity contribution in [3.8, 4) is 11.3 Å². The van der Waals surface area contributed by atoms with Gasteiger partial charge >= 0.3 is 0 Å². The largest absolute Gasteiger partial charge is 0.341 e. The van der Waals surface area contributed by atoms with E-state index in [-0.39, 0.29) is 6.04 Å². The maximum absolute atomic E-state index is 6.32. The lowest BCUT2D eigenvalue weighted by Crippen LogP contribution is -2.22. The van der Waals surface area contributed by atoms with Crippen LogP contribution in [0.25, 0.3) is 11.3 Å². The van der Waals surface area contributed by atoms with Crippen LogP contribution in [0, 0.1) is 0 Å². The summed E-state index contributed by atoms with van der Waals surface area (Å²) in [5.41, 5.74) is 3.34. The molecule has 142 valence electrons. The Hall–Kier alpha value is -2.10. The highest BCUT2D eigenvalue weighted by atomic mass is 35.5. The molecule has 4 heteroatoms. The van der Waals surface area contributed by atoms with Crippen molar-refractivity contribution in [2.45, 2.75) is 51.6 Å². The Morgan fingerprint density at radius 3 is 2.56 bits per heavy atom. The van der Waals surface area contributed by atoms with Crippen LogP contribution in [0.2, 0.25) is 5.02 Å². The number of imidazole rings is 1. The monoisotopic (exact) mass is 381 g/mol. The Morgan fingerprint density at radius 2 is 1.78 bits per heavy atom. The van der Waals surface area contributed by atoms with Crippen molar-refractivity contribution in [1.29, 1.82) is 0 Å². The van der Waals surface area contributed by atoms with Gasteiger partial charge in [0.25, 0.3) is 0 Å². The predicted octanol–water partition coefficient (Wildman–Crippen LogP) is 6.53. The van der Waals surface area contributed by atoms with Gasteiger partial charge in [0, 0.05) is 11.6 Å². The molecule has 1 aromatic heterocycles. The second-order valence-corrected chi connectivity index (χ2v) is 7.33. The summed E-state index contributed by atoms with van der Waals surface area (Å²) in [5.74, 6) is 0.998. The number of unbranched alkanes of at least 4 members (excludes halogenated alkanes) is 3. The lowest BCUT2D eigenvalue weighted by atomic mass is 10.1. The standard InChI is InChI=1S/C23H28ClN3/c1-2-3-4-8-15-21(25-16-19-13-9-10-14-20(19)24)23-26-17-22(27-23)18-11-6-5-7-12-18/h5-7,9-14,17,21,25H,2-4,8,15-16H2,1H3,(H,26,27)/t21-/m0/s1. The number of benzene rings is 2. The van der Waals surface area contributed by atoms with Crippen molar-refractivity contribution in [3.63, 3.8) is 0 Å². The van der Waals surface area contributed by atoms with Gasteiger partial charge in [0.1, 0.15) is 5.82 Å². The number of hydrogen-bond acceptors (Lipinski definition) is 2. The smallest absolute Gasteiger partial charge is 0.123 e. The number of aromatic amines is 1. The molecule has 0 bridgehead atoms. The Bertz CT molecular complexity index is 813. The van der Waals surface area contributed by atoms with E-state index in [1.165, 1.54) is 25.7 Å². The van der Waals surface area contributed by atoms with Gasteiger partial charge in [-0.05, 0) is 23.6 Å². The van der Waals surface area contributed by atoms with Gasteiger partial charge in [-0.25, -0.2) is 4.98 Å². The number of aromatic nitrogens is 2. The fraction of sp³-hybridized carbons (Fsp3) is 0.348. The molecular weight excluding hydrogens is 354 g/mol. The first-order valence-electron chi connectivity index (χ1n) is 9.85. The summed E-state index contributed by atoms with van der Waals surface area (Å²) in [6.07, 6.45) is 7.97. The van der Waals surface area contributed by atoms with Crippen molar-refractivity contribution in [1.82, 2.24) is 15.3 Å². The molecule has 0 aliphatic carbocycles. The third-order valence-electron chi connectivity index (χ3n) is 4.85. The van der Waals surface area contributed by atoms with E-state index in [4.69, 9.17) is 11.6 Å². The summed E-state index contributed by atoms with van der Waals surface area (Å²) in [6.45, 7) is 2.98. The zero-order chi connectivity index (χ0) is 18.9. The molecule has 0 aliphatic heterocycles. The van der Waals surface area contributed by atoms with E-state index in [0.717, 1.165) is 40.6 Å². The molecule has 0 amide bonds. The summed E-state index contributed by atoms with van der Waals surface area (Å²) < 4.78 is 0. The molecule has 0 unspecified atom stereocenters. The van der Waals surface area contributed by atoms with Crippen LogP contribution in [0.4, 0.5) is 0 Å². The molecule has 0 saturated heterocycles. The van der Waals surface area contributed by atoms with Crippen LogP contribution in [0.5, 0.6) is 0 Å². The van der Waals surface area contributed by atoms with Crippen molar-refractivity contribution < 1.29 is 0 Å². The molecule has 0 radical (unpaired) electrons. The third kappa shape index (κ3) is 5.69. The number of halogens is 1. The van der Waals surface area contributed by atoms with Gasteiger partial charge in [-0.15, -0.1) is 0 Å². The highest BCUT2D eigenvalue weighted by molar-refractivity contribution is 6.31. The SMILES string of the molecule is CCCCCC[C@H](NCc1ccccc1Cl)c1ncc(-c2ccccc2)[nH]1. The Labute approximate surface area is 167 Å². The highest BCUT2D eigenvalue weighted by Gasteiger charge is 2.15. The summed E-state index contributed by atoms with van der Waals surface area (Å²) in [7, 11) is 0. The molecule has 1 atom stereocenters. The molecule has 27 heavy (non-hydrogen) atoms. The van der Waals surface area contributed by atoms with Gasteiger partial charge in [0.15, 0.2) is 0 Å². The number of hydrogen-bond donors (Lipinski definition) is 2. The van der Waals surface area contributed by atoms with Crippen LogP contribution in [0.15, 0.2) is 60.8 Å². The molecule has 0 spiro atoms. The number of nitrogens with zero attached hydrogens (tertiary/aromatic N) is 1. The van der Waals surface area contributed by atoms with E-state index in [1.807, 2.05) is 42.6 Å². The van der Waals surface area contributed by atoms with Gasteiger partial charge in [-0.1, -0.05) is 92.7 Å². The molecule has 1 heterocycles. The number of nitrogens with one attached hydrogen (secondary N) is 2. The van der Waals surface area contributed by atoms with Gasteiger partial charge in [0.2, 0.25) is 0 Å². The zero-order valence-corrected chi connectivity index (χ0v) is 16.7. The third-order valence-corrected chi connectivity index (χ3v) is 5.22. The maximum Gasteiger partial charge on any atom is 0.123 e. The van der Waals surface area contributed by atoms with Crippen LogP contribution < -0.4 is 5.32 Å². The summed E-state index contributed by atoms with van der Waals surface area (Å²) in [5, 5.41) is 4.46. The lowest BCUT2D eigenvalue weighted by molar-refractivity contribution is 0.453. The van der Waals surface area contributed by atoms with E-state index in [9.17, 15) is 0 Å². The van der Waals surface area contributed by atoms with Gasteiger partial charge < -0.3 is 10.3 Å².